The van der Waals surface area contributed by atoms with E-state index in [1.54, 1.807) is 18.1 Å². The van der Waals surface area contributed by atoms with Crippen LogP contribution in [0.5, 0.6) is 5.75 Å². The van der Waals surface area contributed by atoms with E-state index in [1.807, 2.05) is 60.7 Å². The van der Waals surface area contributed by atoms with Crippen LogP contribution in [0.2, 0.25) is 15.1 Å². The highest BCUT2D eigenvalue weighted by atomic mass is 35.5. The molecule has 1 amide bonds. The van der Waals surface area contributed by atoms with Crippen LogP contribution >= 0.6 is 46.6 Å². The molecule has 0 radical (unpaired) electrons. The van der Waals surface area contributed by atoms with Gasteiger partial charge in [0.05, 0.1) is 24.1 Å². The van der Waals surface area contributed by atoms with Crippen LogP contribution in [0.15, 0.2) is 95.9 Å². The van der Waals surface area contributed by atoms with Crippen molar-refractivity contribution in [2.24, 2.45) is 0 Å². The van der Waals surface area contributed by atoms with E-state index >= 15 is 0 Å². The van der Waals surface area contributed by atoms with Crippen molar-refractivity contribution in [2.45, 2.75) is 35.6 Å². The summed E-state index contributed by atoms with van der Waals surface area (Å²) in [5.41, 5.74) is 4.00. The number of carbonyl (C=O) groups excluding carboxylic acids is 2. The Hall–Kier alpha value is -3.24. The number of carbonyl (C=O) groups is 2. The number of amides is 1. The molecule has 2 atom stereocenters. The smallest absolute Gasteiger partial charge is 0.303 e. The molecule has 4 aromatic carbocycles. The Labute approximate surface area is 307 Å². The second-order valence-corrected chi connectivity index (χ2v) is 14.7. The first-order valence-corrected chi connectivity index (χ1v) is 18.3. The highest BCUT2D eigenvalue weighted by Gasteiger charge is 2.41. The van der Waals surface area contributed by atoms with Gasteiger partial charge < -0.3 is 19.3 Å². The van der Waals surface area contributed by atoms with Crippen LogP contribution in [-0.4, -0.2) is 74.2 Å². The van der Waals surface area contributed by atoms with Gasteiger partial charge >= 0.3 is 5.97 Å². The molecule has 1 saturated heterocycles. The Morgan fingerprint density at radius 2 is 1.41 bits per heavy atom. The molecular weight excluding hydrogens is 701 g/mol. The number of thioether (sulfide) groups is 1. The number of rotatable bonds is 10. The summed E-state index contributed by atoms with van der Waals surface area (Å²) in [4.78, 5) is 34.2. The van der Waals surface area contributed by atoms with E-state index in [0.717, 1.165) is 55.3 Å². The summed E-state index contributed by atoms with van der Waals surface area (Å²) in [6, 6.07) is 29.3. The molecule has 7 nitrogen and oxygen atoms in total. The average molecular weight is 739 g/mol. The minimum atomic E-state index is -1.01. The molecule has 0 aliphatic carbocycles. The van der Waals surface area contributed by atoms with Gasteiger partial charge in [0.2, 0.25) is 0 Å². The number of nitrogens with zero attached hydrogens (tertiary/aromatic N) is 3. The Morgan fingerprint density at radius 1 is 0.816 bits per heavy atom. The fraction of sp³-hybridized carbons (Fsp3) is 0.316. The third-order valence-corrected chi connectivity index (χ3v) is 11.1. The molecule has 0 saturated carbocycles. The van der Waals surface area contributed by atoms with E-state index in [9.17, 15) is 9.59 Å². The zero-order chi connectivity index (χ0) is 34.5. The molecule has 11 heteroatoms. The van der Waals surface area contributed by atoms with E-state index in [0.29, 0.717) is 27.4 Å². The normalized spacial score (nSPS) is 18.7. The Kier molecular flexibility index (Phi) is 11.8. The number of piperazine rings is 1. The fourth-order valence-corrected chi connectivity index (χ4v) is 8.41. The van der Waals surface area contributed by atoms with Gasteiger partial charge in [0, 0.05) is 59.6 Å². The van der Waals surface area contributed by atoms with Crippen LogP contribution in [0, 0.1) is 0 Å². The zero-order valence-corrected chi connectivity index (χ0v) is 30.4. The van der Waals surface area contributed by atoms with Gasteiger partial charge in [0.1, 0.15) is 5.75 Å². The van der Waals surface area contributed by atoms with Gasteiger partial charge in [0.25, 0.3) is 5.91 Å². The van der Waals surface area contributed by atoms with Crippen LogP contribution in [0.4, 0.5) is 5.69 Å². The van der Waals surface area contributed by atoms with Crippen molar-refractivity contribution in [1.82, 2.24) is 9.80 Å². The molecule has 49 heavy (non-hydrogen) atoms. The third kappa shape index (κ3) is 8.56. The number of hydrogen-bond donors (Lipinski definition) is 0. The van der Waals surface area contributed by atoms with Crippen molar-refractivity contribution < 1.29 is 19.1 Å². The van der Waals surface area contributed by atoms with Crippen molar-refractivity contribution in [3.05, 3.63) is 123 Å². The predicted molar refractivity (Wildman–Crippen MR) is 198 cm³/mol. The van der Waals surface area contributed by atoms with Crippen LogP contribution in [-0.2, 0) is 14.3 Å². The lowest BCUT2D eigenvalue weighted by molar-refractivity contribution is -0.152. The molecule has 0 N–H and O–H groups in total. The van der Waals surface area contributed by atoms with Crippen molar-refractivity contribution >= 4 is 64.1 Å². The average Bonchev–Trinajstić information content (AvgIpc) is 3.21. The summed E-state index contributed by atoms with van der Waals surface area (Å²) in [6.45, 7) is 6.18. The van der Waals surface area contributed by atoms with Crippen LogP contribution in [0.25, 0.3) is 0 Å². The molecule has 256 valence electrons. The van der Waals surface area contributed by atoms with Crippen molar-refractivity contribution in [3.63, 3.8) is 0 Å². The first-order chi connectivity index (χ1) is 23.7. The summed E-state index contributed by atoms with van der Waals surface area (Å²) in [5.74, 6) is -0.0490. The largest absolute Gasteiger partial charge is 0.497 e. The number of anilines is 1. The molecule has 2 heterocycles. The van der Waals surface area contributed by atoms with Gasteiger partial charge in [-0.1, -0.05) is 71.2 Å². The highest BCUT2D eigenvalue weighted by Crippen LogP contribution is 2.48. The number of hydrogen-bond acceptors (Lipinski definition) is 7. The van der Waals surface area contributed by atoms with Crippen LogP contribution in [0.3, 0.4) is 0 Å². The number of esters is 1. The predicted octanol–water partition coefficient (Wildman–Crippen LogP) is 8.56. The van der Waals surface area contributed by atoms with Gasteiger partial charge in [-0.05, 0) is 84.3 Å². The Balaban J connectivity index is 1.16. The van der Waals surface area contributed by atoms with E-state index in [4.69, 9.17) is 44.3 Å². The van der Waals surface area contributed by atoms with Gasteiger partial charge in [-0.15, -0.1) is 11.8 Å². The minimum Gasteiger partial charge on any atom is -0.497 e. The molecule has 1 fully saturated rings. The van der Waals surface area contributed by atoms with Crippen LogP contribution in [0.1, 0.15) is 41.3 Å². The maximum Gasteiger partial charge on any atom is 0.303 e. The second-order valence-electron chi connectivity index (χ2n) is 12.2. The Morgan fingerprint density at radius 3 is 1.98 bits per heavy atom. The van der Waals surface area contributed by atoms with Crippen molar-refractivity contribution in [3.8, 4) is 5.75 Å². The topological polar surface area (TPSA) is 62.3 Å². The van der Waals surface area contributed by atoms with Gasteiger partial charge in [-0.25, -0.2) is 0 Å². The minimum absolute atomic E-state index is 0.0871. The number of methoxy groups -OCH3 is 1. The summed E-state index contributed by atoms with van der Waals surface area (Å²) >= 11 is 20.4. The number of benzene rings is 4. The SMILES string of the molecule is COc1ccc([C@@H]2Sc3cc(Cl)ccc3N(CCCN3CCN(C(c4ccc(Cl)cc4)c4ccc(Cl)cc4)CC3)C(=O)C2OC(C)=O)cc1. The van der Waals surface area contributed by atoms with E-state index in [-0.39, 0.29) is 11.9 Å². The van der Waals surface area contributed by atoms with E-state index < -0.39 is 17.3 Å². The van der Waals surface area contributed by atoms with E-state index in [2.05, 4.69) is 34.1 Å². The monoisotopic (exact) mass is 737 g/mol. The van der Waals surface area contributed by atoms with Gasteiger partial charge in [-0.2, -0.15) is 0 Å². The van der Waals surface area contributed by atoms with E-state index in [1.165, 1.54) is 29.8 Å². The van der Waals surface area contributed by atoms with Crippen LogP contribution < -0.4 is 9.64 Å². The summed E-state index contributed by atoms with van der Waals surface area (Å²) in [6.07, 6.45) is -0.265. The molecule has 6 rings (SSSR count). The lowest BCUT2D eigenvalue weighted by Gasteiger charge is -2.40. The van der Waals surface area contributed by atoms with Crippen molar-refractivity contribution in [1.29, 1.82) is 0 Å². The maximum atomic E-state index is 14.3. The molecule has 0 bridgehead atoms. The summed E-state index contributed by atoms with van der Waals surface area (Å²) < 4.78 is 11.1. The first-order valence-electron chi connectivity index (χ1n) is 16.3. The molecule has 4 aromatic rings. The van der Waals surface area contributed by atoms with Gasteiger partial charge in [-0.3, -0.25) is 14.5 Å². The molecule has 2 aliphatic rings. The number of halogens is 3. The zero-order valence-electron chi connectivity index (χ0n) is 27.4. The summed E-state index contributed by atoms with van der Waals surface area (Å²) in [7, 11) is 1.61. The quantitative estimate of drug-likeness (QED) is 0.151. The summed E-state index contributed by atoms with van der Waals surface area (Å²) in [5, 5.41) is 1.54. The highest BCUT2D eigenvalue weighted by molar-refractivity contribution is 7.99. The number of ether oxygens (including phenoxy) is 2. The molecular formula is C38H38Cl3N3O4S. The number of fused-ring (bicyclic) bond motifs is 1. The maximum absolute atomic E-state index is 14.3. The standard InChI is InChI=1S/C38H38Cl3N3O4S/c1-25(45)48-36-37(28-8-15-32(47-2)16-9-28)49-34-24-31(41)14-17-33(34)44(38(36)46)19-3-18-42-20-22-43(23-21-42)35(26-4-10-29(39)11-5-26)27-6-12-30(40)13-7-27/h4-17,24,35-37H,3,18-23H2,1-2H3/t36?,37-/m0/s1. The molecule has 2 aliphatic heterocycles. The first kappa shape index (κ1) is 35.6. The fourth-order valence-electron chi connectivity index (χ4n) is 6.57. The van der Waals surface area contributed by atoms with Gasteiger partial charge in [0.15, 0.2) is 6.10 Å². The molecule has 1 unspecified atom stereocenters. The third-order valence-electron chi connectivity index (χ3n) is 8.99. The molecule has 0 spiro atoms. The second kappa shape index (κ2) is 16.2. The molecule has 0 aromatic heterocycles. The Bertz CT molecular complexity index is 1700. The lowest BCUT2D eigenvalue weighted by atomic mass is 9.96. The van der Waals surface area contributed by atoms with Crippen molar-refractivity contribution in [2.75, 3.05) is 51.3 Å². The lowest BCUT2D eigenvalue weighted by Crippen LogP contribution is -2.48.